The number of para-hydroxylation sites is 2. The molecule has 7 nitrogen and oxygen atoms in total. The molecule has 0 radical (unpaired) electrons. The number of anilines is 3. The average Bonchev–Trinajstić information content (AvgIpc) is 2.54. The summed E-state index contributed by atoms with van der Waals surface area (Å²) in [5.41, 5.74) is 2.11. The maximum absolute atomic E-state index is 11.8. The molecule has 2 aromatic rings. The number of nitro groups is 1. The molecule has 1 heterocycles. The van der Waals surface area contributed by atoms with Crippen molar-refractivity contribution in [3.05, 3.63) is 58.6 Å². The number of carbonyl (C=O) groups excluding carboxylic acids is 1. The van der Waals surface area contributed by atoms with E-state index in [4.69, 9.17) is 12.2 Å². The van der Waals surface area contributed by atoms with Gasteiger partial charge in [0.15, 0.2) is 5.11 Å². The molecule has 1 amide bonds. The molecule has 8 heteroatoms. The summed E-state index contributed by atoms with van der Waals surface area (Å²) in [6.45, 7) is 0.107. The molecule has 0 fully saturated rings. The van der Waals surface area contributed by atoms with E-state index in [1.807, 2.05) is 18.2 Å². The number of nitrogens with zero attached hydrogens (tertiary/aromatic N) is 2. The monoisotopic (exact) mass is 328 g/mol. The van der Waals surface area contributed by atoms with Crippen LogP contribution in [0, 0.1) is 10.1 Å². The van der Waals surface area contributed by atoms with Crippen molar-refractivity contribution in [3.8, 4) is 0 Å². The Morgan fingerprint density at radius 2 is 1.91 bits per heavy atom. The smallest absolute Gasteiger partial charge is 0.269 e. The number of fused-ring (bicyclic) bond motifs is 1. The topological polar surface area (TPSA) is 87.5 Å². The van der Waals surface area contributed by atoms with Crippen LogP contribution in [0.2, 0.25) is 0 Å². The Hall–Kier alpha value is -3.00. The zero-order valence-electron chi connectivity index (χ0n) is 11.9. The van der Waals surface area contributed by atoms with Crippen LogP contribution in [-0.4, -0.2) is 22.5 Å². The predicted molar refractivity (Wildman–Crippen MR) is 91.7 cm³/mol. The van der Waals surface area contributed by atoms with Gasteiger partial charge in [-0.2, -0.15) is 0 Å². The van der Waals surface area contributed by atoms with Gasteiger partial charge in [-0.05, 0) is 36.5 Å². The van der Waals surface area contributed by atoms with Crippen molar-refractivity contribution in [3.63, 3.8) is 0 Å². The van der Waals surface area contributed by atoms with Gasteiger partial charge in [-0.3, -0.25) is 14.9 Å². The van der Waals surface area contributed by atoms with E-state index in [2.05, 4.69) is 10.6 Å². The number of non-ortho nitro benzene ring substituents is 1. The van der Waals surface area contributed by atoms with E-state index in [1.54, 1.807) is 23.1 Å². The van der Waals surface area contributed by atoms with Crippen molar-refractivity contribution in [2.75, 3.05) is 22.1 Å². The third-order valence-corrected chi connectivity index (χ3v) is 3.67. The van der Waals surface area contributed by atoms with Crippen molar-refractivity contribution in [1.82, 2.24) is 0 Å². The van der Waals surface area contributed by atoms with E-state index in [-0.39, 0.29) is 18.1 Å². The molecule has 0 saturated heterocycles. The first-order valence-corrected chi connectivity index (χ1v) is 7.17. The first-order valence-electron chi connectivity index (χ1n) is 6.76. The molecule has 0 bridgehead atoms. The Balaban J connectivity index is 1.81. The van der Waals surface area contributed by atoms with Gasteiger partial charge < -0.3 is 15.5 Å². The summed E-state index contributed by atoms with van der Waals surface area (Å²) >= 11 is 5.37. The minimum Gasteiger partial charge on any atom is -0.332 e. The minimum atomic E-state index is -0.465. The highest BCUT2D eigenvalue weighted by Crippen LogP contribution is 2.29. The number of nitro benzene ring substituents is 1. The molecule has 116 valence electrons. The largest absolute Gasteiger partial charge is 0.332 e. The van der Waals surface area contributed by atoms with E-state index in [0.29, 0.717) is 16.5 Å². The molecule has 0 atom stereocenters. The van der Waals surface area contributed by atoms with Crippen LogP contribution < -0.4 is 15.5 Å². The van der Waals surface area contributed by atoms with Gasteiger partial charge in [0.2, 0.25) is 5.91 Å². The van der Waals surface area contributed by atoms with Gasteiger partial charge in [0, 0.05) is 17.8 Å². The lowest BCUT2D eigenvalue weighted by atomic mass is 10.2. The van der Waals surface area contributed by atoms with Crippen LogP contribution in [-0.2, 0) is 4.79 Å². The van der Waals surface area contributed by atoms with E-state index >= 15 is 0 Å². The van der Waals surface area contributed by atoms with Gasteiger partial charge in [0.25, 0.3) is 5.69 Å². The normalized spacial score (nSPS) is 13.0. The SMILES string of the molecule is O=C1CN(C(=S)Nc2ccc([N+](=O)[O-])cc2)c2ccccc2N1. The number of hydrogen-bond donors (Lipinski definition) is 2. The maximum atomic E-state index is 11.8. The van der Waals surface area contributed by atoms with Crippen LogP contribution in [0.5, 0.6) is 0 Å². The Bertz CT molecular complexity index is 792. The van der Waals surface area contributed by atoms with Crippen LogP contribution in [0.1, 0.15) is 0 Å². The number of hydrogen-bond acceptors (Lipinski definition) is 4. The summed E-state index contributed by atoms with van der Waals surface area (Å²) in [4.78, 5) is 23.7. The number of amides is 1. The third kappa shape index (κ3) is 3.11. The Morgan fingerprint density at radius 1 is 1.22 bits per heavy atom. The zero-order chi connectivity index (χ0) is 16.4. The van der Waals surface area contributed by atoms with E-state index in [0.717, 1.165) is 5.69 Å². The summed E-state index contributed by atoms with van der Waals surface area (Å²) in [5.74, 6) is -0.156. The average molecular weight is 328 g/mol. The predicted octanol–water partition coefficient (Wildman–Crippen LogP) is 2.75. The third-order valence-electron chi connectivity index (χ3n) is 3.35. The highest BCUT2D eigenvalue weighted by atomic mass is 32.1. The molecule has 1 aliphatic rings. The Kier molecular flexibility index (Phi) is 3.90. The van der Waals surface area contributed by atoms with E-state index in [9.17, 15) is 14.9 Å². The number of rotatable bonds is 2. The zero-order valence-corrected chi connectivity index (χ0v) is 12.7. The summed E-state index contributed by atoms with van der Waals surface area (Å²) in [7, 11) is 0. The second-order valence-corrected chi connectivity index (χ2v) is 5.27. The molecule has 0 saturated carbocycles. The number of benzene rings is 2. The van der Waals surface area contributed by atoms with Crippen molar-refractivity contribution in [1.29, 1.82) is 0 Å². The quantitative estimate of drug-likeness (QED) is 0.501. The number of nitrogens with one attached hydrogen (secondary N) is 2. The summed E-state index contributed by atoms with van der Waals surface area (Å²) in [6, 6.07) is 13.3. The van der Waals surface area contributed by atoms with Gasteiger partial charge in [0.05, 0.1) is 16.3 Å². The molecule has 0 spiro atoms. The fraction of sp³-hybridized carbons (Fsp3) is 0.0667. The first kappa shape index (κ1) is 14.9. The first-order chi connectivity index (χ1) is 11.0. The standard InChI is InChI=1S/C15H12N4O3S/c20-14-9-18(13-4-2-1-3-12(13)17-14)15(23)16-10-5-7-11(8-6-10)19(21)22/h1-8H,9H2,(H,16,23)(H,17,20). The molecule has 0 unspecified atom stereocenters. The highest BCUT2D eigenvalue weighted by molar-refractivity contribution is 7.80. The van der Waals surface area contributed by atoms with Gasteiger partial charge in [0.1, 0.15) is 6.54 Å². The Morgan fingerprint density at radius 3 is 2.61 bits per heavy atom. The fourth-order valence-electron chi connectivity index (χ4n) is 2.27. The highest BCUT2D eigenvalue weighted by Gasteiger charge is 2.24. The number of thiocarbonyl (C=S) groups is 1. The molecule has 0 aliphatic carbocycles. The van der Waals surface area contributed by atoms with Crippen LogP contribution in [0.25, 0.3) is 0 Å². The summed E-state index contributed by atoms with van der Waals surface area (Å²) < 4.78 is 0. The van der Waals surface area contributed by atoms with E-state index < -0.39 is 4.92 Å². The van der Waals surface area contributed by atoms with E-state index in [1.165, 1.54) is 12.1 Å². The second kappa shape index (κ2) is 6.01. The molecule has 1 aliphatic heterocycles. The van der Waals surface area contributed by atoms with Crippen LogP contribution in [0.4, 0.5) is 22.7 Å². The van der Waals surface area contributed by atoms with Gasteiger partial charge in [-0.15, -0.1) is 0 Å². The molecule has 3 rings (SSSR count). The van der Waals surface area contributed by atoms with Crippen molar-refractivity contribution in [2.24, 2.45) is 0 Å². The van der Waals surface area contributed by atoms with Gasteiger partial charge in [-0.1, -0.05) is 12.1 Å². The molecule has 2 aromatic carbocycles. The minimum absolute atomic E-state index is 0.00386. The second-order valence-electron chi connectivity index (χ2n) is 4.89. The molecule has 0 aromatic heterocycles. The van der Waals surface area contributed by atoms with Gasteiger partial charge >= 0.3 is 0 Å². The lowest BCUT2D eigenvalue weighted by Gasteiger charge is -2.31. The molecular formula is C15H12N4O3S. The molecule has 23 heavy (non-hydrogen) atoms. The lowest BCUT2D eigenvalue weighted by molar-refractivity contribution is -0.384. The Labute approximate surface area is 137 Å². The maximum Gasteiger partial charge on any atom is 0.269 e. The lowest BCUT2D eigenvalue weighted by Crippen LogP contribution is -2.44. The number of carbonyl (C=O) groups is 1. The van der Waals surface area contributed by atoms with Crippen LogP contribution in [0.15, 0.2) is 48.5 Å². The van der Waals surface area contributed by atoms with Crippen LogP contribution in [0.3, 0.4) is 0 Å². The van der Waals surface area contributed by atoms with Crippen molar-refractivity contribution < 1.29 is 9.72 Å². The summed E-state index contributed by atoms with van der Waals surface area (Å²) in [6.07, 6.45) is 0. The summed E-state index contributed by atoms with van der Waals surface area (Å²) in [5, 5.41) is 16.8. The molecular weight excluding hydrogens is 316 g/mol. The fourth-order valence-corrected chi connectivity index (χ4v) is 2.55. The van der Waals surface area contributed by atoms with Crippen molar-refractivity contribution >= 4 is 46.0 Å². The molecule has 2 N–H and O–H groups in total. The van der Waals surface area contributed by atoms with Crippen LogP contribution >= 0.6 is 12.2 Å². The van der Waals surface area contributed by atoms with Gasteiger partial charge in [-0.25, -0.2) is 0 Å². The van der Waals surface area contributed by atoms with Crippen molar-refractivity contribution in [2.45, 2.75) is 0 Å².